The van der Waals surface area contributed by atoms with Gasteiger partial charge in [0, 0.05) is 37.1 Å². The molecule has 26 heavy (non-hydrogen) atoms. The van der Waals surface area contributed by atoms with E-state index in [0.29, 0.717) is 19.0 Å². The van der Waals surface area contributed by atoms with Gasteiger partial charge in [-0.25, -0.2) is 4.98 Å². The van der Waals surface area contributed by atoms with Crippen LogP contribution in [0.15, 0.2) is 54.0 Å². The van der Waals surface area contributed by atoms with Gasteiger partial charge in [-0.3, -0.25) is 4.79 Å². The van der Waals surface area contributed by atoms with Crippen LogP contribution in [0.25, 0.3) is 10.8 Å². The number of anilines is 1. The fraction of sp³-hybridized carbons (Fsp3) is 0.333. The Morgan fingerprint density at radius 3 is 3.00 bits per heavy atom. The lowest BCUT2D eigenvalue weighted by molar-refractivity contribution is -0.121. The van der Waals surface area contributed by atoms with Gasteiger partial charge in [0.2, 0.25) is 5.91 Å². The van der Waals surface area contributed by atoms with Crippen LogP contribution < -0.4 is 10.2 Å². The zero-order valence-corrected chi connectivity index (χ0v) is 15.5. The van der Waals surface area contributed by atoms with E-state index in [1.807, 2.05) is 11.6 Å². The molecule has 0 spiro atoms. The normalized spacial score (nSPS) is 16.9. The third-order valence-electron chi connectivity index (χ3n) is 5.08. The summed E-state index contributed by atoms with van der Waals surface area (Å²) in [6, 6.07) is 15.0. The zero-order chi connectivity index (χ0) is 17.8. The van der Waals surface area contributed by atoms with Gasteiger partial charge in [0.15, 0.2) is 5.13 Å². The molecular weight excluding hydrogens is 342 g/mol. The summed E-state index contributed by atoms with van der Waals surface area (Å²) in [6.45, 7) is 1.73. The average molecular weight is 366 g/mol. The smallest absolute Gasteiger partial charge is 0.220 e. The first-order valence-electron chi connectivity index (χ1n) is 9.21. The molecule has 0 bridgehead atoms. The summed E-state index contributed by atoms with van der Waals surface area (Å²) in [5.41, 5.74) is 1.24. The minimum absolute atomic E-state index is 0.129. The summed E-state index contributed by atoms with van der Waals surface area (Å²) in [6.07, 6.45) is 5.42. The second kappa shape index (κ2) is 7.87. The van der Waals surface area contributed by atoms with E-state index in [4.69, 9.17) is 0 Å². The Balaban J connectivity index is 1.31. The highest BCUT2D eigenvalue weighted by Crippen LogP contribution is 2.26. The molecule has 1 N–H and O–H groups in total. The molecule has 0 radical (unpaired) electrons. The Kier molecular flexibility index (Phi) is 5.16. The molecule has 5 heteroatoms. The lowest BCUT2D eigenvalue weighted by Crippen LogP contribution is -2.40. The van der Waals surface area contributed by atoms with Crippen LogP contribution in [0, 0.1) is 0 Å². The van der Waals surface area contributed by atoms with Gasteiger partial charge in [-0.1, -0.05) is 42.5 Å². The maximum atomic E-state index is 12.4. The Hall–Kier alpha value is -2.40. The summed E-state index contributed by atoms with van der Waals surface area (Å²) in [7, 11) is 0. The molecule has 1 atom stereocenters. The van der Waals surface area contributed by atoms with E-state index in [1.165, 1.54) is 16.3 Å². The predicted molar refractivity (Wildman–Crippen MR) is 108 cm³/mol. The van der Waals surface area contributed by atoms with Crippen molar-refractivity contribution in [1.29, 1.82) is 0 Å². The van der Waals surface area contributed by atoms with E-state index >= 15 is 0 Å². The highest BCUT2D eigenvalue weighted by Gasteiger charge is 2.26. The van der Waals surface area contributed by atoms with Crippen LogP contribution in [0.5, 0.6) is 0 Å². The Morgan fingerprint density at radius 2 is 2.12 bits per heavy atom. The van der Waals surface area contributed by atoms with Crippen molar-refractivity contribution >= 4 is 33.1 Å². The number of hydrogen-bond donors (Lipinski definition) is 1. The molecule has 1 fully saturated rings. The molecule has 1 unspecified atom stereocenters. The molecule has 1 aliphatic heterocycles. The van der Waals surface area contributed by atoms with Gasteiger partial charge in [-0.05, 0) is 35.6 Å². The van der Waals surface area contributed by atoms with Crippen molar-refractivity contribution in [1.82, 2.24) is 10.3 Å². The largest absolute Gasteiger partial charge is 0.354 e. The van der Waals surface area contributed by atoms with Crippen LogP contribution in [0.4, 0.5) is 5.13 Å². The predicted octanol–water partition coefficient (Wildman–Crippen LogP) is 4.01. The van der Waals surface area contributed by atoms with Gasteiger partial charge in [0.25, 0.3) is 0 Å². The van der Waals surface area contributed by atoms with Gasteiger partial charge in [-0.2, -0.15) is 0 Å². The van der Waals surface area contributed by atoms with Crippen molar-refractivity contribution in [3.8, 4) is 0 Å². The van der Waals surface area contributed by atoms with Crippen molar-refractivity contribution in [2.45, 2.75) is 31.7 Å². The number of aromatic nitrogens is 1. The standard InChI is InChI=1S/C21H23N3OS/c25-20(11-10-17-7-3-6-16-5-1-2-9-19(16)17)23-15-18-8-4-13-24(18)21-22-12-14-26-21/h1-3,5-7,9,12,14,18H,4,8,10-11,13,15H2,(H,23,25). The Labute approximate surface area is 157 Å². The van der Waals surface area contributed by atoms with Crippen LogP contribution in [-0.2, 0) is 11.2 Å². The zero-order valence-electron chi connectivity index (χ0n) is 14.7. The number of hydrogen-bond acceptors (Lipinski definition) is 4. The maximum Gasteiger partial charge on any atom is 0.220 e. The number of aryl methyl sites for hydroxylation is 1. The molecule has 4 nitrogen and oxygen atoms in total. The minimum atomic E-state index is 0.129. The highest BCUT2D eigenvalue weighted by atomic mass is 32.1. The van der Waals surface area contributed by atoms with Crippen molar-refractivity contribution in [3.63, 3.8) is 0 Å². The van der Waals surface area contributed by atoms with E-state index in [9.17, 15) is 4.79 Å². The van der Waals surface area contributed by atoms with Gasteiger partial charge in [0.05, 0.1) is 0 Å². The number of fused-ring (bicyclic) bond motifs is 1. The van der Waals surface area contributed by atoms with Crippen LogP contribution in [-0.4, -0.2) is 30.0 Å². The first-order chi connectivity index (χ1) is 12.8. The van der Waals surface area contributed by atoms with E-state index < -0.39 is 0 Å². The second-order valence-corrected chi connectivity index (χ2v) is 7.62. The van der Waals surface area contributed by atoms with Crippen molar-refractivity contribution in [2.75, 3.05) is 18.0 Å². The Morgan fingerprint density at radius 1 is 1.23 bits per heavy atom. The number of benzene rings is 2. The second-order valence-electron chi connectivity index (χ2n) is 6.75. The molecule has 3 aromatic rings. The minimum Gasteiger partial charge on any atom is -0.354 e. The number of rotatable bonds is 6. The van der Waals surface area contributed by atoms with Crippen LogP contribution >= 0.6 is 11.3 Å². The fourth-order valence-electron chi connectivity index (χ4n) is 3.74. The summed E-state index contributed by atoms with van der Waals surface area (Å²) >= 11 is 1.67. The first kappa shape index (κ1) is 17.0. The quantitative estimate of drug-likeness (QED) is 0.718. The molecule has 1 aliphatic rings. The molecule has 1 aromatic heterocycles. The molecular formula is C21H23N3OS. The highest BCUT2D eigenvalue weighted by molar-refractivity contribution is 7.13. The summed E-state index contributed by atoms with van der Waals surface area (Å²) < 4.78 is 0. The molecule has 2 heterocycles. The summed E-state index contributed by atoms with van der Waals surface area (Å²) in [4.78, 5) is 19.1. The SMILES string of the molecule is O=C(CCc1cccc2ccccc12)NCC1CCCN1c1nccs1. The summed E-state index contributed by atoms with van der Waals surface area (Å²) in [5.74, 6) is 0.129. The average Bonchev–Trinajstić information content (AvgIpc) is 3.35. The Bertz CT molecular complexity index is 873. The van der Waals surface area contributed by atoms with Crippen LogP contribution in [0.3, 0.4) is 0 Å². The monoisotopic (exact) mass is 365 g/mol. The topological polar surface area (TPSA) is 45.2 Å². The van der Waals surface area contributed by atoms with E-state index in [-0.39, 0.29) is 5.91 Å². The maximum absolute atomic E-state index is 12.4. The number of carbonyl (C=O) groups excluding carboxylic acids is 1. The molecule has 0 aliphatic carbocycles. The van der Waals surface area contributed by atoms with E-state index in [2.05, 4.69) is 57.7 Å². The third kappa shape index (κ3) is 3.73. The molecule has 1 saturated heterocycles. The van der Waals surface area contributed by atoms with Crippen LogP contribution in [0.1, 0.15) is 24.8 Å². The molecule has 2 aromatic carbocycles. The molecule has 134 valence electrons. The molecule has 1 amide bonds. The molecule has 0 saturated carbocycles. The lowest BCUT2D eigenvalue weighted by atomic mass is 10.0. The van der Waals surface area contributed by atoms with Crippen molar-refractivity contribution < 1.29 is 4.79 Å². The number of thiazole rings is 1. The third-order valence-corrected chi connectivity index (χ3v) is 5.89. The van der Waals surface area contributed by atoms with Gasteiger partial charge in [-0.15, -0.1) is 11.3 Å². The molecule has 4 rings (SSSR count). The van der Waals surface area contributed by atoms with Gasteiger partial charge < -0.3 is 10.2 Å². The van der Waals surface area contributed by atoms with Crippen LogP contribution in [0.2, 0.25) is 0 Å². The van der Waals surface area contributed by atoms with E-state index in [0.717, 1.165) is 30.9 Å². The van der Waals surface area contributed by atoms with Crippen molar-refractivity contribution in [3.05, 3.63) is 59.6 Å². The van der Waals surface area contributed by atoms with Gasteiger partial charge in [0.1, 0.15) is 0 Å². The number of nitrogens with zero attached hydrogens (tertiary/aromatic N) is 2. The number of nitrogens with one attached hydrogen (secondary N) is 1. The van der Waals surface area contributed by atoms with E-state index in [1.54, 1.807) is 11.3 Å². The lowest BCUT2D eigenvalue weighted by Gasteiger charge is -2.24. The number of carbonyl (C=O) groups is 1. The number of amides is 1. The van der Waals surface area contributed by atoms with Gasteiger partial charge >= 0.3 is 0 Å². The fourth-order valence-corrected chi connectivity index (χ4v) is 4.48. The van der Waals surface area contributed by atoms with Crippen molar-refractivity contribution in [2.24, 2.45) is 0 Å². The first-order valence-corrected chi connectivity index (χ1v) is 10.1. The summed E-state index contributed by atoms with van der Waals surface area (Å²) in [5, 5.41) is 8.68.